The number of nitrogens with zero attached hydrogens (tertiary/aromatic N) is 2. The minimum Gasteiger partial charge on any atom is -0.496 e. The molecule has 1 amide bonds. The molecule has 0 aliphatic heterocycles. The maximum atomic E-state index is 12.8. The molecule has 1 fully saturated rings. The summed E-state index contributed by atoms with van der Waals surface area (Å²) in [5.41, 5.74) is 4.13. The summed E-state index contributed by atoms with van der Waals surface area (Å²) in [5.74, 6) is 1.44. The van der Waals surface area contributed by atoms with Gasteiger partial charge in [0.25, 0.3) is 0 Å². The lowest BCUT2D eigenvalue weighted by Crippen LogP contribution is -2.28. The van der Waals surface area contributed by atoms with Crippen molar-refractivity contribution in [2.45, 2.75) is 32.7 Å². The Morgan fingerprint density at radius 1 is 1.40 bits per heavy atom. The van der Waals surface area contributed by atoms with Crippen LogP contribution in [0.5, 0.6) is 5.75 Å². The van der Waals surface area contributed by atoms with Gasteiger partial charge >= 0.3 is 0 Å². The van der Waals surface area contributed by atoms with Gasteiger partial charge in [0, 0.05) is 34.8 Å². The highest BCUT2D eigenvalue weighted by molar-refractivity contribution is 9.10. The predicted octanol–water partition coefficient (Wildman–Crippen LogP) is 4.23. The van der Waals surface area contributed by atoms with Crippen molar-refractivity contribution >= 4 is 21.8 Å². The minimum atomic E-state index is 0.0759. The number of hydrogen-bond donors (Lipinski definition) is 0. The topological polar surface area (TPSA) is 42.4 Å². The van der Waals surface area contributed by atoms with Crippen molar-refractivity contribution in [2.24, 2.45) is 5.92 Å². The number of carbonyl (C=O) groups excluding carboxylic acids is 1. The van der Waals surface area contributed by atoms with Gasteiger partial charge in [0.2, 0.25) is 5.91 Å². The summed E-state index contributed by atoms with van der Waals surface area (Å²) in [7, 11) is 3.52. The third-order valence-electron chi connectivity index (χ3n) is 4.90. The summed E-state index contributed by atoms with van der Waals surface area (Å²) in [4.78, 5) is 19.0. The average molecular weight is 403 g/mol. The van der Waals surface area contributed by atoms with Crippen molar-refractivity contribution in [3.63, 3.8) is 0 Å². The van der Waals surface area contributed by atoms with E-state index in [0.717, 1.165) is 33.5 Å². The van der Waals surface area contributed by atoms with Crippen LogP contribution in [0.25, 0.3) is 0 Å². The standard InChI is InChI=1S/C20H23BrN2O2/c1-12-10-22-18(13(2)19(12)25-4)11-23(3)20(24)17-9-16(17)14-6-5-7-15(21)8-14/h5-8,10,16-17H,9,11H2,1-4H3/t16-,17+/m1/s1. The van der Waals surface area contributed by atoms with E-state index in [4.69, 9.17) is 4.74 Å². The molecular weight excluding hydrogens is 380 g/mol. The van der Waals surface area contributed by atoms with Gasteiger partial charge in [-0.15, -0.1) is 0 Å². The summed E-state index contributed by atoms with van der Waals surface area (Å²) in [6, 6.07) is 8.23. The molecule has 25 heavy (non-hydrogen) atoms. The molecule has 3 rings (SSSR count). The van der Waals surface area contributed by atoms with Crippen LogP contribution in [0.4, 0.5) is 0 Å². The second kappa shape index (κ2) is 7.16. The second-order valence-corrected chi connectivity index (χ2v) is 7.66. The van der Waals surface area contributed by atoms with E-state index in [0.29, 0.717) is 12.5 Å². The third-order valence-corrected chi connectivity index (χ3v) is 5.39. The Labute approximate surface area is 157 Å². The van der Waals surface area contributed by atoms with Crippen LogP contribution in [-0.4, -0.2) is 29.9 Å². The highest BCUT2D eigenvalue weighted by atomic mass is 79.9. The fraction of sp³-hybridized carbons (Fsp3) is 0.400. The lowest BCUT2D eigenvalue weighted by atomic mass is 10.1. The first-order valence-electron chi connectivity index (χ1n) is 8.42. The third kappa shape index (κ3) is 3.71. The number of carbonyl (C=O) groups is 1. The first-order chi connectivity index (χ1) is 11.9. The Bertz CT molecular complexity index is 806. The highest BCUT2D eigenvalue weighted by Gasteiger charge is 2.45. The van der Waals surface area contributed by atoms with Gasteiger partial charge in [-0.2, -0.15) is 0 Å². The van der Waals surface area contributed by atoms with E-state index in [9.17, 15) is 4.79 Å². The van der Waals surface area contributed by atoms with Crippen molar-refractivity contribution in [2.75, 3.05) is 14.2 Å². The zero-order chi connectivity index (χ0) is 18.1. The van der Waals surface area contributed by atoms with Crippen LogP contribution in [0.1, 0.15) is 34.7 Å². The summed E-state index contributed by atoms with van der Waals surface area (Å²) < 4.78 is 6.51. The van der Waals surface area contributed by atoms with Crippen molar-refractivity contribution in [1.82, 2.24) is 9.88 Å². The van der Waals surface area contributed by atoms with Crippen LogP contribution >= 0.6 is 15.9 Å². The zero-order valence-electron chi connectivity index (χ0n) is 15.0. The van der Waals surface area contributed by atoms with Crippen molar-refractivity contribution < 1.29 is 9.53 Å². The number of aromatic nitrogens is 1. The van der Waals surface area contributed by atoms with Crippen LogP contribution < -0.4 is 4.74 Å². The van der Waals surface area contributed by atoms with Gasteiger partial charge in [-0.05, 0) is 43.9 Å². The van der Waals surface area contributed by atoms with Crippen molar-refractivity contribution in [1.29, 1.82) is 0 Å². The van der Waals surface area contributed by atoms with Gasteiger partial charge in [0.15, 0.2) is 0 Å². The predicted molar refractivity (Wildman–Crippen MR) is 102 cm³/mol. The Kier molecular flexibility index (Phi) is 5.13. The quantitative estimate of drug-likeness (QED) is 0.751. The summed E-state index contributed by atoms with van der Waals surface area (Å²) in [6.07, 6.45) is 2.73. The Hall–Kier alpha value is -1.88. The number of methoxy groups -OCH3 is 1. The van der Waals surface area contributed by atoms with Gasteiger partial charge < -0.3 is 9.64 Å². The maximum Gasteiger partial charge on any atom is 0.226 e. The van der Waals surface area contributed by atoms with Crippen LogP contribution in [0.15, 0.2) is 34.9 Å². The van der Waals surface area contributed by atoms with Crippen LogP contribution in [0.3, 0.4) is 0 Å². The molecule has 0 unspecified atom stereocenters. The highest BCUT2D eigenvalue weighted by Crippen LogP contribution is 2.48. The largest absolute Gasteiger partial charge is 0.496 e. The molecule has 1 aliphatic carbocycles. The van der Waals surface area contributed by atoms with E-state index in [2.05, 4.69) is 33.0 Å². The molecule has 0 saturated heterocycles. The number of halogens is 1. The molecule has 1 aromatic carbocycles. The van der Waals surface area contributed by atoms with Crippen LogP contribution in [0.2, 0.25) is 0 Å². The number of ether oxygens (including phenoxy) is 1. The molecule has 0 bridgehead atoms. The lowest BCUT2D eigenvalue weighted by molar-refractivity contribution is -0.131. The molecule has 1 saturated carbocycles. The summed E-state index contributed by atoms with van der Waals surface area (Å²) in [5, 5.41) is 0. The smallest absolute Gasteiger partial charge is 0.226 e. The Morgan fingerprint density at radius 3 is 2.84 bits per heavy atom. The first kappa shape index (κ1) is 17.9. The molecule has 0 N–H and O–H groups in total. The molecule has 2 atom stereocenters. The van der Waals surface area contributed by atoms with E-state index in [1.165, 1.54) is 5.56 Å². The molecule has 132 valence electrons. The zero-order valence-corrected chi connectivity index (χ0v) is 16.6. The van der Waals surface area contributed by atoms with Gasteiger partial charge in [0.1, 0.15) is 5.75 Å². The maximum absolute atomic E-state index is 12.8. The average Bonchev–Trinajstić information content (AvgIpc) is 3.38. The molecule has 1 aliphatic rings. The van der Waals surface area contributed by atoms with Gasteiger partial charge in [0.05, 0.1) is 19.3 Å². The fourth-order valence-corrected chi connectivity index (χ4v) is 3.81. The molecule has 2 aromatic rings. The lowest BCUT2D eigenvalue weighted by Gasteiger charge is -2.19. The number of hydrogen-bond acceptors (Lipinski definition) is 3. The Morgan fingerprint density at radius 2 is 2.16 bits per heavy atom. The molecule has 0 radical (unpaired) electrons. The van der Waals surface area contributed by atoms with Gasteiger partial charge in [-0.25, -0.2) is 0 Å². The fourth-order valence-electron chi connectivity index (χ4n) is 3.39. The molecular formula is C20H23BrN2O2. The second-order valence-electron chi connectivity index (χ2n) is 6.74. The van der Waals surface area contributed by atoms with E-state index >= 15 is 0 Å². The first-order valence-corrected chi connectivity index (χ1v) is 9.21. The summed E-state index contributed by atoms with van der Waals surface area (Å²) >= 11 is 3.50. The van der Waals surface area contributed by atoms with Crippen molar-refractivity contribution in [3.8, 4) is 5.75 Å². The number of aryl methyl sites for hydroxylation is 1. The van der Waals surface area contributed by atoms with Crippen LogP contribution in [-0.2, 0) is 11.3 Å². The molecule has 0 spiro atoms. The van der Waals surface area contributed by atoms with Crippen molar-refractivity contribution in [3.05, 3.63) is 57.3 Å². The summed E-state index contributed by atoms with van der Waals surface area (Å²) in [6.45, 7) is 4.47. The van der Waals surface area contributed by atoms with E-state index < -0.39 is 0 Å². The normalized spacial score (nSPS) is 18.8. The minimum absolute atomic E-state index is 0.0759. The Balaban J connectivity index is 1.68. The van der Waals surface area contributed by atoms with E-state index in [1.54, 1.807) is 18.2 Å². The number of amides is 1. The number of pyridine rings is 1. The molecule has 4 nitrogen and oxygen atoms in total. The van der Waals surface area contributed by atoms with Gasteiger partial charge in [-0.3, -0.25) is 9.78 Å². The van der Waals surface area contributed by atoms with Crippen LogP contribution in [0, 0.1) is 19.8 Å². The molecule has 5 heteroatoms. The monoisotopic (exact) mass is 402 g/mol. The number of rotatable bonds is 5. The molecule has 1 heterocycles. The van der Waals surface area contributed by atoms with E-state index in [1.807, 2.05) is 33.0 Å². The van der Waals surface area contributed by atoms with Gasteiger partial charge in [-0.1, -0.05) is 28.1 Å². The number of benzene rings is 1. The van der Waals surface area contributed by atoms with E-state index in [-0.39, 0.29) is 11.8 Å². The SMILES string of the molecule is COc1c(C)cnc(CN(C)C(=O)[C@H]2C[C@@H]2c2cccc(Br)c2)c1C. The molecule has 1 aromatic heterocycles.